The number of urea groups is 1. The third kappa shape index (κ3) is 3.79. The van der Waals surface area contributed by atoms with Crippen LogP contribution in [0.1, 0.15) is 29.3 Å². The highest BCUT2D eigenvalue weighted by molar-refractivity contribution is 6.08. The Hall–Kier alpha value is -3.95. The molecule has 0 unspecified atom stereocenters. The molecule has 1 heterocycles. The molecule has 0 aliphatic carbocycles. The molecule has 1 fully saturated rings. The molecule has 1 aliphatic heterocycles. The van der Waals surface area contributed by atoms with Crippen LogP contribution in [0.4, 0.5) is 14.9 Å². The van der Waals surface area contributed by atoms with E-state index in [1.807, 2.05) is 0 Å². The lowest BCUT2D eigenvalue weighted by molar-refractivity contribution is -0.140. The van der Waals surface area contributed by atoms with E-state index in [0.717, 1.165) is 18.2 Å². The number of amides is 4. The van der Waals surface area contributed by atoms with E-state index in [-0.39, 0.29) is 17.7 Å². The van der Waals surface area contributed by atoms with Crippen molar-refractivity contribution in [3.63, 3.8) is 0 Å². The van der Waals surface area contributed by atoms with E-state index in [2.05, 4.69) is 10.7 Å². The van der Waals surface area contributed by atoms with Gasteiger partial charge in [0, 0.05) is 5.69 Å². The molecular weight excluding hydrogens is 395 g/mol. The van der Waals surface area contributed by atoms with E-state index < -0.39 is 41.8 Å². The van der Waals surface area contributed by atoms with Gasteiger partial charge in [-0.05, 0) is 30.2 Å². The summed E-state index contributed by atoms with van der Waals surface area (Å²) in [5.41, 5.74) is 6.67. The van der Waals surface area contributed by atoms with E-state index in [9.17, 15) is 23.6 Å². The number of nitrogen functional groups attached to an aromatic ring is 1. The average molecular weight is 414 g/mol. The first-order chi connectivity index (χ1) is 14.3. The maximum Gasteiger partial charge on any atom is 0.344 e. The molecule has 3 rings (SSSR count). The normalized spacial score (nSPS) is 18.1. The molecule has 9 nitrogen and oxygen atoms in total. The molecule has 156 valence electrons. The molecule has 2 aromatic rings. The number of halogens is 1. The van der Waals surface area contributed by atoms with E-state index in [1.54, 1.807) is 37.3 Å². The lowest BCUT2D eigenvalue weighted by atomic mass is 9.87. The highest BCUT2D eigenvalue weighted by Crippen LogP contribution is 2.31. The minimum atomic E-state index is -1.31. The fourth-order valence-corrected chi connectivity index (χ4v) is 3.12. The zero-order valence-electron chi connectivity index (χ0n) is 16.0. The Kier molecular flexibility index (Phi) is 5.67. The van der Waals surface area contributed by atoms with Crippen molar-refractivity contribution in [2.45, 2.75) is 18.9 Å². The molecule has 0 spiro atoms. The molecule has 1 aliphatic rings. The number of carbonyl (C=O) groups excluding carboxylic acids is 4. The topological polar surface area (TPSA) is 131 Å². The summed E-state index contributed by atoms with van der Waals surface area (Å²) in [5, 5.41) is 3.16. The number of anilines is 1. The Bertz CT molecular complexity index is 1010. The number of hydrazine groups is 1. The van der Waals surface area contributed by atoms with Crippen LogP contribution in [0.15, 0.2) is 48.5 Å². The summed E-state index contributed by atoms with van der Waals surface area (Å²) >= 11 is 0. The highest BCUT2D eigenvalue weighted by atomic mass is 19.1. The van der Waals surface area contributed by atoms with Crippen molar-refractivity contribution < 1.29 is 28.3 Å². The van der Waals surface area contributed by atoms with Gasteiger partial charge < -0.3 is 15.8 Å². The minimum Gasteiger partial charge on any atom is -0.452 e. The first kappa shape index (κ1) is 20.8. The zero-order valence-corrected chi connectivity index (χ0v) is 16.0. The van der Waals surface area contributed by atoms with E-state index in [1.165, 1.54) is 0 Å². The second-order valence-corrected chi connectivity index (χ2v) is 6.54. The minimum absolute atomic E-state index is 0.117. The zero-order chi connectivity index (χ0) is 21.9. The Morgan fingerprint density at radius 3 is 2.53 bits per heavy atom. The number of benzene rings is 2. The van der Waals surface area contributed by atoms with Gasteiger partial charge in [0.2, 0.25) is 0 Å². The fourth-order valence-electron chi connectivity index (χ4n) is 3.12. The summed E-state index contributed by atoms with van der Waals surface area (Å²) in [6.45, 7) is 0.947. The quantitative estimate of drug-likeness (QED) is 0.373. The maximum atomic E-state index is 13.1. The van der Waals surface area contributed by atoms with Gasteiger partial charge in [-0.15, -0.1) is 0 Å². The van der Waals surface area contributed by atoms with Gasteiger partial charge in [-0.3, -0.25) is 15.0 Å². The van der Waals surface area contributed by atoms with Gasteiger partial charge in [0.15, 0.2) is 6.61 Å². The van der Waals surface area contributed by atoms with E-state index >= 15 is 0 Å². The number of nitrogens with two attached hydrogens (primary N) is 1. The van der Waals surface area contributed by atoms with Crippen LogP contribution in [0.3, 0.4) is 0 Å². The van der Waals surface area contributed by atoms with Gasteiger partial charge in [-0.2, -0.15) is 5.01 Å². The Morgan fingerprint density at radius 2 is 1.90 bits per heavy atom. The number of esters is 1. The molecule has 0 aromatic heterocycles. The number of rotatable bonds is 6. The summed E-state index contributed by atoms with van der Waals surface area (Å²) in [4.78, 5) is 49.4. The fraction of sp³-hybridized carbons (Fsp3) is 0.200. The Balaban J connectivity index is 1.66. The van der Waals surface area contributed by atoms with Gasteiger partial charge in [0.05, 0.1) is 5.56 Å². The lowest BCUT2D eigenvalue weighted by Crippen LogP contribution is -2.49. The van der Waals surface area contributed by atoms with Crippen LogP contribution in [-0.2, 0) is 19.9 Å². The smallest absolute Gasteiger partial charge is 0.344 e. The van der Waals surface area contributed by atoms with Crippen LogP contribution >= 0.6 is 0 Å². The molecule has 2 aromatic carbocycles. The summed E-state index contributed by atoms with van der Waals surface area (Å²) < 4.78 is 17.9. The van der Waals surface area contributed by atoms with Crippen molar-refractivity contribution in [3.05, 3.63) is 65.5 Å². The standard InChI is InChI=1S/C20H19FN4O5/c1-2-20(12-6-4-3-5-7-12)18(28)25(19(29)23-20)24-16(26)11-30-17(27)14-9-8-13(21)10-15(14)22/h3-10H,2,11,22H2,1H3,(H,23,29)(H,24,26)/t20-/m1/s1. The number of hydrogen-bond donors (Lipinski definition) is 3. The molecule has 10 heteroatoms. The molecule has 30 heavy (non-hydrogen) atoms. The van der Waals surface area contributed by atoms with Crippen molar-refractivity contribution in [2.75, 3.05) is 12.3 Å². The van der Waals surface area contributed by atoms with Gasteiger partial charge in [0.25, 0.3) is 11.8 Å². The largest absolute Gasteiger partial charge is 0.452 e. The van der Waals surface area contributed by atoms with Crippen LogP contribution in [0.2, 0.25) is 0 Å². The van der Waals surface area contributed by atoms with E-state index in [4.69, 9.17) is 10.5 Å². The monoisotopic (exact) mass is 414 g/mol. The summed E-state index contributed by atoms with van der Waals surface area (Å²) in [7, 11) is 0. The van der Waals surface area contributed by atoms with Gasteiger partial charge in [-0.25, -0.2) is 14.0 Å². The van der Waals surface area contributed by atoms with Crippen molar-refractivity contribution in [1.29, 1.82) is 0 Å². The maximum absolute atomic E-state index is 13.1. The SMILES string of the molecule is CC[C@]1(c2ccccc2)NC(=O)N(NC(=O)COC(=O)c2ccc(F)cc2N)C1=O. The number of carbonyl (C=O) groups is 4. The Labute approximate surface area is 170 Å². The molecule has 0 bridgehead atoms. The molecule has 4 N–H and O–H groups in total. The van der Waals surface area contributed by atoms with Gasteiger partial charge >= 0.3 is 12.0 Å². The number of nitrogens with zero attached hydrogens (tertiary/aromatic N) is 1. The second-order valence-electron chi connectivity index (χ2n) is 6.54. The third-order valence-electron chi connectivity index (χ3n) is 4.69. The van der Waals surface area contributed by atoms with Crippen molar-refractivity contribution in [2.24, 2.45) is 0 Å². The van der Waals surface area contributed by atoms with Crippen LogP contribution < -0.4 is 16.5 Å². The molecule has 1 atom stereocenters. The van der Waals surface area contributed by atoms with Crippen LogP contribution in [0, 0.1) is 5.82 Å². The molecular formula is C20H19FN4O5. The highest BCUT2D eigenvalue weighted by Gasteiger charge is 2.52. The Morgan fingerprint density at radius 1 is 1.20 bits per heavy atom. The number of ether oxygens (including phenoxy) is 1. The molecule has 1 saturated heterocycles. The first-order valence-corrected chi connectivity index (χ1v) is 9.02. The van der Waals surface area contributed by atoms with Crippen LogP contribution in [0.5, 0.6) is 0 Å². The summed E-state index contributed by atoms with van der Waals surface area (Å²) in [5.74, 6) is -3.15. The average Bonchev–Trinajstić information content (AvgIpc) is 2.97. The van der Waals surface area contributed by atoms with Crippen molar-refractivity contribution in [3.8, 4) is 0 Å². The van der Waals surface area contributed by atoms with Gasteiger partial charge in [0.1, 0.15) is 11.4 Å². The predicted molar refractivity (Wildman–Crippen MR) is 103 cm³/mol. The van der Waals surface area contributed by atoms with Crippen LogP contribution in [-0.4, -0.2) is 35.4 Å². The third-order valence-corrected chi connectivity index (χ3v) is 4.69. The van der Waals surface area contributed by atoms with Crippen molar-refractivity contribution >= 4 is 29.5 Å². The second kappa shape index (κ2) is 8.19. The molecule has 0 radical (unpaired) electrons. The molecule has 4 amide bonds. The first-order valence-electron chi connectivity index (χ1n) is 9.02. The molecule has 0 saturated carbocycles. The van der Waals surface area contributed by atoms with Crippen LogP contribution in [0.25, 0.3) is 0 Å². The lowest BCUT2D eigenvalue weighted by Gasteiger charge is -2.25. The number of nitrogens with one attached hydrogen (secondary N) is 2. The van der Waals surface area contributed by atoms with Crippen molar-refractivity contribution in [1.82, 2.24) is 15.8 Å². The summed E-state index contributed by atoms with van der Waals surface area (Å²) in [6.07, 6.45) is 0.257. The number of hydrogen-bond acceptors (Lipinski definition) is 6. The van der Waals surface area contributed by atoms with E-state index in [0.29, 0.717) is 10.6 Å². The number of imide groups is 1. The predicted octanol–water partition coefficient (Wildman–Crippen LogP) is 1.45. The van der Waals surface area contributed by atoms with Gasteiger partial charge in [-0.1, -0.05) is 37.3 Å². The summed E-state index contributed by atoms with van der Waals surface area (Å²) in [6, 6.07) is 10.9.